The van der Waals surface area contributed by atoms with E-state index >= 15 is 0 Å². The monoisotopic (exact) mass is 702 g/mol. The van der Waals surface area contributed by atoms with Crippen molar-refractivity contribution < 1.29 is 4.42 Å². The number of amidine groups is 2. The van der Waals surface area contributed by atoms with Gasteiger partial charge in [0, 0.05) is 10.8 Å². The van der Waals surface area contributed by atoms with Gasteiger partial charge in [0.2, 0.25) is 0 Å². The Morgan fingerprint density at radius 1 is 0.364 bits per heavy atom. The predicted octanol–water partition coefficient (Wildman–Crippen LogP) is 13.7. The van der Waals surface area contributed by atoms with E-state index in [1.54, 1.807) is 0 Å². The molecule has 1 aromatic heterocycles. The molecule has 11 rings (SSSR count). The molecule has 0 fully saturated rings. The Labute approximate surface area is 317 Å². The molecule has 0 amide bonds. The van der Waals surface area contributed by atoms with Gasteiger partial charge in [-0.3, -0.25) is 4.99 Å². The summed E-state index contributed by atoms with van der Waals surface area (Å²) in [4.78, 5) is 9.84. The maximum atomic E-state index is 6.46. The normalized spacial score (nSPS) is 14.4. The van der Waals surface area contributed by atoms with Crippen molar-refractivity contribution in [2.45, 2.75) is 6.17 Å². The molecule has 9 aromatic carbocycles. The van der Waals surface area contributed by atoms with E-state index in [9.17, 15) is 0 Å². The number of nitrogens with zero attached hydrogens (tertiary/aromatic N) is 3. The average Bonchev–Trinajstić information content (AvgIpc) is 3.64. The predicted molar refractivity (Wildman–Crippen MR) is 229 cm³/mol. The summed E-state index contributed by atoms with van der Waals surface area (Å²) in [5.74, 6) is 1.36. The summed E-state index contributed by atoms with van der Waals surface area (Å²) in [6.45, 7) is 0. The van der Waals surface area contributed by atoms with Crippen molar-refractivity contribution in [3.63, 3.8) is 0 Å². The molecule has 0 saturated carbocycles. The van der Waals surface area contributed by atoms with Crippen LogP contribution >= 0.6 is 0 Å². The lowest BCUT2D eigenvalue weighted by Gasteiger charge is -2.32. The van der Waals surface area contributed by atoms with Crippen molar-refractivity contribution in [3.05, 3.63) is 210 Å². The quantitative estimate of drug-likeness (QED) is 0.165. The largest absolute Gasteiger partial charge is 0.456 e. The lowest BCUT2D eigenvalue weighted by atomic mass is 9.92. The third kappa shape index (κ3) is 5.38. The van der Waals surface area contributed by atoms with E-state index in [-0.39, 0.29) is 6.17 Å². The molecule has 258 valence electrons. The second kappa shape index (κ2) is 12.7. The van der Waals surface area contributed by atoms with Gasteiger partial charge in [-0.2, -0.15) is 0 Å². The van der Waals surface area contributed by atoms with Crippen molar-refractivity contribution >= 4 is 65.9 Å². The van der Waals surface area contributed by atoms with Gasteiger partial charge in [-0.25, -0.2) is 0 Å². The van der Waals surface area contributed by atoms with Crippen LogP contribution in [0.5, 0.6) is 0 Å². The maximum absolute atomic E-state index is 6.46. The lowest BCUT2D eigenvalue weighted by molar-refractivity contribution is 0.669. The van der Waals surface area contributed by atoms with E-state index in [2.05, 4.69) is 140 Å². The van der Waals surface area contributed by atoms with Crippen LogP contribution in [0, 0.1) is 0 Å². The summed E-state index contributed by atoms with van der Waals surface area (Å²) in [7, 11) is 0. The molecule has 4 heteroatoms. The zero-order valence-corrected chi connectivity index (χ0v) is 29.7. The van der Waals surface area contributed by atoms with Crippen LogP contribution in [-0.2, 0) is 0 Å². The lowest BCUT2D eigenvalue weighted by Crippen LogP contribution is -2.15. The van der Waals surface area contributed by atoms with Gasteiger partial charge in [-0.05, 0) is 102 Å². The highest BCUT2D eigenvalue weighted by molar-refractivity contribution is 6.26. The number of hydrogen-bond acceptors (Lipinski definition) is 3. The number of rotatable bonds is 5. The fourth-order valence-electron chi connectivity index (χ4n) is 8.09. The second-order valence-corrected chi connectivity index (χ2v) is 14.1. The number of furan rings is 1. The zero-order chi connectivity index (χ0) is 36.3. The van der Waals surface area contributed by atoms with Crippen LogP contribution in [0.1, 0.15) is 22.9 Å². The summed E-state index contributed by atoms with van der Waals surface area (Å²) in [6, 6.07) is 66.1. The maximum Gasteiger partial charge on any atom is 0.136 e. The molecule has 0 aliphatic carbocycles. The van der Waals surface area contributed by atoms with Gasteiger partial charge >= 0.3 is 0 Å². The molecule has 0 N–H and O–H groups in total. The second-order valence-electron chi connectivity index (χ2n) is 14.1. The van der Waals surface area contributed by atoms with E-state index in [0.29, 0.717) is 11.7 Å². The highest BCUT2D eigenvalue weighted by atomic mass is 16.3. The molecule has 1 aliphatic rings. The Morgan fingerprint density at radius 2 is 0.873 bits per heavy atom. The summed E-state index contributed by atoms with van der Waals surface area (Å²) in [5.41, 5.74) is 9.23. The van der Waals surface area contributed by atoms with Gasteiger partial charge < -0.3 is 14.7 Å². The van der Waals surface area contributed by atoms with E-state index in [1.165, 1.54) is 43.4 Å². The van der Waals surface area contributed by atoms with Crippen LogP contribution in [0.4, 0.5) is 0 Å². The average molecular weight is 703 g/mol. The fourth-order valence-corrected chi connectivity index (χ4v) is 8.09. The first-order valence-electron chi connectivity index (χ1n) is 18.6. The molecule has 0 radical (unpaired) electrons. The topological polar surface area (TPSA) is 52.0 Å². The van der Waals surface area contributed by atoms with Gasteiger partial charge in [0.15, 0.2) is 0 Å². The third-order valence-corrected chi connectivity index (χ3v) is 10.9. The van der Waals surface area contributed by atoms with Crippen LogP contribution in [0.3, 0.4) is 0 Å². The number of benzene rings is 9. The molecule has 0 spiro atoms. The SMILES string of the molecule is c1ccc(C2=NC(c3ccccc3)[N-]C(c3ccc(-c4ccc5c(c4)oc4ccc(-c6ccc7c8ccccc8c8ccccc8c7c6)cc45)cc3)=N2)cc1. The fraction of sp³-hybridized carbons (Fsp3) is 0.0196. The molecule has 10 aromatic rings. The Kier molecular flexibility index (Phi) is 7.20. The molecular weight excluding hydrogens is 671 g/mol. The van der Waals surface area contributed by atoms with Crippen molar-refractivity contribution in [3.8, 4) is 22.3 Å². The van der Waals surface area contributed by atoms with E-state index < -0.39 is 0 Å². The van der Waals surface area contributed by atoms with Gasteiger partial charge in [0.05, 0.1) is 12.0 Å². The minimum absolute atomic E-state index is 0.360. The van der Waals surface area contributed by atoms with E-state index in [0.717, 1.165) is 49.8 Å². The van der Waals surface area contributed by atoms with E-state index in [1.807, 2.05) is 48.5 Å². The van der Waals surface area contributed by atoms with Crippen molar-refractivity contribution in [1.29, 1.82) is 0 Å². The van der Waals surface area contributed by atoms with Gasteiger partial charge in [0.1, 0.15) is 11.2 Å². The Balaban J connectivity index is 0.924. The molecule has 0 saturated heterocycles. The first-order chi connectivity index (χ1) is 27.2. The van der Waals surface area contributed by atoms with Gasteiger partial charge in [-0.15, -0.1) is 0 Å². The van der Waals surface area contributed by atoms with Gasteiger partial charge in [0.25, 0.3) is 0 Å². The zero-order valence-electron chi connectivity index (χ0n) is 29.7. The molecule has 1 unspecified atom stereocenters. The summed E-state index contributed by atoms with van der Waals surface area (Å²) < 4.78 is 6.46. The molecule has 55 heavy (non-hydrogen) atoms. The number of fused-ring (bicyclic) bond motifs is 9. The van der Waals surface area contributed by atoms with Crippen LogP contribution in [-0.4, -0.2) is 11.7 Å². The molecule has 4 nitrogen and oxygen atoms in total. The van der Waals surface area contributed by atoms with Gasteiger partial charge in [-0.1, -0.05) is 164 Å². The standard InChI is InChI=1S/C51H32N3O/c1-3-11-33(12-4-1)49-52-50(34-13-5-2-6-14-34)54-51(53-49)35-21-19-32(20-22-35)38-24-27-44-46-30-37(25-28-47(46)55-48(44)31-38)36-23-26-43-41-17-8-7-15-39(41)40-16-9-10-18-42(40)45(43)29-36/h1-31,49H/q-1. The smallest absolute Gasteiger partial charge is 0.136 e. The first-order valence-corrected chi connectivity index (χ1v) is 18.6. The number of hydrogen-bond donors (Lipinski definition) is 0. The van der Waals surface area contributed by atoms with Crippen LogP contribution < -0.4 is 0 Å². The van der Waals surface area contributed by atoms with Crippen LogP contribution in [0.15, 0.2) is 202 Å². The minimum Gasteiger partial charge on any atom is -0.456 e. The molecule has 1 aliphatic heterocycles. The third-order valence-electron chi connectivity index (χ3n) is 10.9. The van der Waals surface area contributed by atoms with Crippen molar-refractivity contribution in [2.75, 3.05) is 0 Å². The molecule has 1 atom stereocenters. The Bertz CT molecular complexity index is 3120. The van der Waals surface area contributed by atoms with E-state index in [4.69, 9.17) is 19.7 Å². The van der Waals surface area contributed by atoms with Crippen molar-refractivity contribution in [2.24, 2.45) is 9.98 Å². The van der Waals surface area contributed by atoms with Crippen molar-refractivity contribution in [1.82, 2.24) is 0 Å². The minimum atomic E-state index is -0.360. The van der Waals surface area contributed by atoms with Crippen LogP contribution in [0.25, 0.3) is 81.8 Å². The summed E-state index contributed by atoms with van der Waals surface area (Å²) in [6.07, 6.45) is -0.360. The summed E-state index contributed by atoms with van der Waals surface area (Å²) in [5, 5.41) is 14.9. The molecule has 2 heterocycles. The highest BCUT2D eigenvalue weighted by Crippen LogP contribution is 2.39. The molecule has 0 bridgehead atoms. The molecular formula is C51H32N3O-. The summed E-state index contributed by atoms with van der Waals surface area (Å²) >= 11 is 0. The Hall–Kier alpha value is -7.30. The first kappa shape index (κ1) is 31.2. The Morgan fingerprint density at radius 3 is 1.56 bits per heavy atom. The highest BCUT2D eigenvalue weighted by Gasteiger charge is 2.15. The van der Waals surface area contributed by atoms with Crippen LogP contribution in [0.2, 0.25) is 0 Å². The number of aliphatic imine (C=N–C) groups is 2.